The lowest BCUT2D eigenvalue weighted by molar-refractivity contribution is -0.388. The minimum atomic E-state index is -1.84. The molecule has 10 N–H and O–H groups in total. The van der Waals surface area contributed by atoms with Gasteiger partial charge in [0.15, 0.2) is 25.2 Å². The highest BCUT2D eigenvalue weighted by atomic mass is 16.8. The Morgan fingerprint density at radius 1 is 0.579 bits per heavy atom. The molecule has 0 aromatic heterocycles. The monoisotopic (exact) mass is 822 g/mol. The van der Waals surface area contributed by atoms with E-state index in [0.717, 1.165) is 12.8 Å². The molecule has 0 aliphatic carbocycles. The van der Waals surface area contributed by atoms with Gasteiger partial charge < -0.3 is 89.0 Å². The van der Waals surface area contributed by atoms with Gasteiger partial charge in [0.1, 0.15) is 79.4 Å². The van der Waals surface area contributed by atoms with E-state index in [9.17, 15) is 51.1 Å². The van der Waals surface area contributed by atoms with E-state index in [1.54, 1.807) is 13.0 Å². The second kappa shape index (κ2) is 20.8. The van der Waals surface area contributed by atoms with Crippen LogP contribution in [0.3, 0.4) is 0 Å². The molecule has 4 rings (SSSR count). The van der Waals surface area contributed by atoms with Gasteiger partial charge in [0.25, 0.3) is 0 Å². The van der Waals surface area contributed by atoms with E-state index in [-0.39, 0.29) is 0 Å². The summed E-state index contributed by atoms with van der Waals surface area (Å²) in [7, 11) is 0. The van der Waals surface area contributed by atoms with Crippen LogP contribution in [0.5, 0.6) is 0 Å². The van der Waals surface area contributed by atoms with Gasteiger partial charge in [-0.2, -0.15) is 0 Å². The molecule has 4 aliphatic rings. The summed E-state index contributed by atoms with van der Waals surface area (Å²) in [6, 6.07) is 0. The number of allylic oxidation sites excluding steroid dienone is 4. The largest absolute Gasteiger partial charge is 0.388 e. The third kappa shape index (κ3) is 11.9. The topological polar surface area (TPSA) is 276 Å². The summed E-state index contributed by atoms with van der Waals surface area (Å²) < 4.78 is 47.0. The summed E-state index contributed by atoms with van der Waals surface area (Å²) in [4.78, 5) is 0. The molecule has 0 bridgehead atoms. The van der Waals surface area contributed by atoms with Gasteiger partial charge in [0.05, 0.1) is 30.5 Å². The molecule has 0 amide bonds. The van der Waals surface area contributed by atoms with Gasteiger partial charge in [-0.1, -0.05) is 29.4 Å². The molecule has 57 heavy (non-hydrogen) atoms. The predicted molar refractivity (Wildman–Crippen MR) is 199 cm³/mol. The quantitative estimate of drug-likeness (QED) is 0.0817. The maximum absolute atomic E-state index is 11.5. The summed E-state index contributed by atoms with van der Waals surface area (Å²) in [5, 5.41) is 107. The first-order valence-electron chi connectivity index (χ1n) is 19.6. The van der Waals surface area contributed by atoms with Crippen molar-refractivity contribution >= 4 is 0 Å². The maximum Gasteiger partial charge on any atom is 0.188 e. The summed E-state index contributed by atoms with van der Waals surface area (Å²) in [6.07, 6.45) is -21.0. The van der Waals surface area contributed by atoms with Crippen molar-refractivity contribution in [2.75, 3.05) is 6.61 Å². The molecule has 0 spiro atoms. The van der Waals surface area contributed by atoms with Gasteiger partial charge in [-0.3, -0.25) is 0 Å². The van der Waals surface area contributed by atoms with Crippen LogP contribution in [-0.4, -0.2) is 186 Å². The highest BCUT2D eigenvalue weighted by Crippen LogP contribution is 2.35. The highest BCUT2D eigenvalue weighted by Gasteiger charge is 2.54. The van der Waals surface area contributed by atoms with Crippen LogP contribution in [0.15, 0.2) is 36.0 Å². The molecule has 18 heteroatoms. The molecule has 0 radical (unpaired) electrons. The molecule has 330 valence electrons. The molecule has 4 fully saturated rings. The maximum atomic E-state index is 11.5. The van der Waals surface area contributed by atoms with Crippen LogP contribution in [0.25, 0.3) is 0 Å². The fraction of sp³-hybridized carbons (Fsp3) is 0.846. The minimum absolute atomic E-state index is 0.403. The molecule has 18 nitrogen and oxygen atoms in total. The van der Waals surface area contributed by atoms with Crippen LogP contribution in [0.1, 0.15) is 74.1 Å². The summed E-state index contributed by atoms with van der Waals surface area (Å²) in [6.45, 7) is 15.7. The molecule has 2 unspecified atom stereocenters. The smallest absolute Gasteiger partial charge is 0.188 e. The average molecular weight is 823 g/mol. The second-order valence-electron chi connectivity index (χ2n) is 16.2. The Morgan fingerprint density at radius 2 is 1.09 bits per heavy atom. The Labute approximate surface area is 333 Å². The second-order valence-corrected chi connectivity index (χ2v) is 16.2. The molecule has 0 aromatic carbocycles. The Hall–Kier alpha value is -1.50. The van der Waals surface area contributed by atoms with E-state index in [0.29, 0.717) is 12.8 Å². The fourth-order valence-corrected chi connectivity index (χ4v) is 7.14. The number of hydrogen-bond donors (Lipinski definition) is 10. The number of rotatable bonds is 16. The van der Waals surface area contributed by atoms with E-state index in [1.807, 2.05) is 20.8 Å². The summed E-state index contributed by atoms with van der Waals surface area (Å²) in [5.74, 6) is 0. The molecule has 4 aliphatic heterocycles. The Morgan fingerprint density at radius 3 is 1.67 bits per heavy atom. The van der Waals surface area contributed by atoms with Crippen molar-refractivity contribution in [1.29, 1.82) is 0 Å². The third-order valence-corrected chi connectivity index (χ3v) is 11.1. The zero-order chi connectivity index (χ0) is 42.5. The van der Waals surface area contributed by atoms with Gasteiger partial charge >= 0.3 is 0 Å². The van der Waals surface area contributed by atoms with Crippen LogP contribution >= 0.6 is 0 Å². The van der Waals surface area contributed by atoms with Crippen LogP contribution in [-0.2, 0) is 37.9 Å². The van der Waals surface area contributed by atoms with E-state index in [4.69, 9.17) is 37.9 Å². The Balaban J connectivity index is 1.51. The lowest BCUT2D eigenvalue weighted by Gasteiger charge is -2.49. The van der Waals surface area contributed by atoms with E-state index >= 15 is 0 Å². The lowest BCUT2D eigenvalue weighted by atomic mass is 9.95. The first-order chi connectivity index (χ1) is 26.7. The van der Waals surface area contributed by atoms with E-state index < -0.39 is 135 Å². The average Bonchev–Trinajstić information content (AvgIpc) is 3.16. The van der Waals surface area contributed by atoms with Crippen molar-refractivity contribution in [3.8, 4) is 0 Å². The molecule has 21 atom stereocenters. The molecule has 0 aromatic rings. The minimum Gasteiger partial charge on any atom is -0.388 e. The molecular formula is C39H66O18. The summed E-state index contributed by atoms with van der Waals surface area (Å²) in [5.41, 5.74) is 1.30. The zero-order valence-electron chi connectivity index (χ0n) is 33.8. The van der Waals surface area contributed by atoms with Crippen molar-refractivity contribution in [3.63, 3.8) is 0 Å². The number of aliphatic hydroxyl groups excluding tert-OH is 10. The van der Waals surface area contributed by atoms with Gasteiger partial charge in [-0.25, -0.2) is 0 Å². The van der Waals surface area contributed by atoms with Crippen molar-refractivity contribution in [1.82, 2.24) is 0 Å². The highest BCUT2D eigenvalue weighted by molar-refractivity contribution is 5.05. The SMILES string of the molecule is C=CC(C)(CC/C=C(/C)CCC=C(C)C)O[C@@H]1O[C@H](CO[C@@H]2O[C@@H](C)[C@H](O)[C@@H](O)[C@H]2O)[C@@H](O)[C@H](O)[C@H]1O[C@@H]1O[C@@H](C)[C@H](O[C@@H]2O[C@@H](C)[C@H](O)[C@@H](O)[C@H]2O)C(O)[C@H]1O. The van der Waals surface area contributed by atoms with Gasteiger partial charge in [0.2, 0.25) is 0 Å². The van der Waals surface area contributed by atoms with E-state index in [1.165, 1.54) is 31.9 Å². The van der Waals surface area contributed by atoms with Crippen LogP contribution < -0.4 is 0 Å². The van der Waals surface area contributed by atoms with Gasteiger partial charge in [0, 0.05) is 0 Å². The van der Waals surface area contributed by atoms with E-state index in [2.05, 4.69) is 18.7 Å². The zero-order valence-corrected chi connectivity index (χ0v) is 33.8. The first-order valence-corrected chi connectivity index (χ1v) is 19.6. The molecule has 0 saturated carbocycles. The van der Waals surface area contributed by atoms with Crippen molar-refractivity contribution in [3.05, 3.63) is 36.0 Å². The van der Waals surface area contributed by atoms with Crippen molar-refractivity contribution < 1.29 is 89.0 Å². The number of ether oxygens (including phenoxy) is 8. The third-order valence-electron chi connectivity index (χ3n) is 11.1. The van der Waals surface area contributed by atoms with Crippen LogP contribution in [0.2, 0.25) is 0 Å². The molecule has 4 heterocycles. The van der Waals surface area contributed by atoms with Crippen molar-refractivity contribution in [2.45, 2.75) is 203 Å². The van der Waals surface area contributed by atoms with Crippen LogP contribution in [0.4, 0.5) is 0 Å². The van der Waals surface area contributed by atoms with Gasteiger partial charge in [-0.15, -0.1) is 6.58 Å². The van der Waals surface area contributed by atoms with Crippen molar-refractivity contribution in [2.24, 2.45) is 0 Å². The fourth-order valence-electron chi connectivity index (χ4n) is 7.14. The predicted octanol–water partition coefficient (Wildman–Crippen LogP) is -1.22. The van der Waals surface area contributed by atoms with Crippen LogP contribution in [0, 0.1) is 0 Å². The molecule has 4 saturated heterocycles. The normalized spacial score (nSPS) is 45.6. The number of aliphatic hydroxyl groups is 10. The molecular weight excluding hydrogens is 756 g/mol. The first kappa shape index (κ1) is 48.2. The standard InChI is InChI=1S/C39H66O18/c1-9-39(8,15-11-14-18(4)13-10-12-17(2)3)57-38-34(28(45)25(42)22(54-38)16-50-35-30(47)26(43)23(40)19(5)51-35)56-37-32(49)29(46)33(21(7)53-37)55-36-31(48)27(44)24(41)20(6)52-36/h9,12,14,19-38,40-49H,1,10-11,13,15-16H2,2-8H3/b18-14-/t19-,20-,21-,22+,23-,24-,25+,26+,27+,28-,29?,30+,31+,32+,33-,34+,35+,36-,37-,38-,39?/m0/s1. The number of hydrogen-bond acceptors (Lipinski definition) is 18. The summed E-state index contributed by atoms with van der Waals surface area (Å²) >= 11 is 0. The lowest BCUT2D eigenvalue weighted by Crippen LogP contribution is -2.66. The van der Waals surface area contributed by atoms with Gasteiger partial charge in [-0.05, 0) is 74.1 Å². The Kier molecular flexibility index (Phi) is 17.6. The Bertz CT molecular complexity index is 1330.